The third-order valence-electron chi connectivity index (χ3n) is 4.62. The molecule has 0 aliphatic heterocycles. The van der Waals surface area contributed by atoms with Crippen LogP contribution in [0.5, 0.6) is 5.75 Å². The van der Waals surface area contributed by atoms with E-state index < -0.39 is 17.8 Å². The maximum absolute atomic E-state index is 14.1. The number of hydrogen-bond donors (Lipinski definition) is 3. The SMILES string of the molecule is CNC(=O)c1[nH]c(C(=O)NC2CCC2)cc1O[C@@H](C)c1ccc(Cl)cc1F. The molecule has 2 amide bonds. The summed E-state index contributed by atoms with van der Waals surface area (Å²) in [5.74, 6) is -1.06. The Morgan fingerprint density at radius 2 is 2.04 bits per heavy atom. The summed E-state index contributed by atoms with van der Waals surface area (Å²) >= 11 is 5.78. The molecule has 8 heteroatoms. The summed E-state index contributed by atoms with van der Waals surface area (Å²) < 4.78 is 19.9. The Labute approximate surface area is 161 Å². The van der Waals surface area contributed by atoms with Gasteiger partial charge in [-0.1, -0.05) is 17.7 Å². The first-order valence-electron chi connectivity index (χ1n) is 8.76. The molecule has 1 fully saturated rings. The Morgan fingerprint density at radius 3 is 2.63 bits per heavy atom. The zero-order valence-corrected chi connectivity index (χ0v) is 15.8. The maximum Gasteiger partial charge on any atom is 0.271 e. The molecule has 1 heterocycles. The molecule has 0 radical (unpaired) electrons. The molecule has 1 aromatic carbocycles. The average molecular weight is 394 g/mol. The molecule has 0 spiro atoms. The van der Waals surface area contributed by atoms with E-state index in [1.165, 1.54) is 25.2 Å². The smallest absolute Gasteiger partial charge is 0.271 e. The van der Waals surface area contributed by atoms with Gasteiger partial charge in [0.25, 0.3) is 11.8 Å². The second kappa shape index (κ2) is 8.00. The fourth-order valence-corrected chi connectivity index (χ4v) is 3.00. The summed E-state index contributed by atoms with van der Waals surface area (Å²) in [5, 5.41) is 5.68. The van der Waals surface area contributed by atoms with Gasteiger partial charge in [-0.05, 0) is 38.3 Å². The van der Waals surface area contributed by atoms with E-state index in [-0.39, 0.29) is 34.1 Å². The van der Waals surface area contributed by atoms with E-state index in [0.717, 1.165) is 19.3 Å². The van der Waals surface area contributed by atoms with Crippen molar-refractivity contribution in [2.45, 2.75) is 38.3 Å². The molecule has 1 aliphatic carbocycles. The number of aromatic amines is 1. The van der Waals surface area contributed by atoms with Gasteiger partial charge >= 0.3 is 0 Å². The van der Waals surface area contributed by atoms with Crippen LogP contribution < -0.4 is 15.4 Å². The summed E-state index contributed by atoms with van der Waals surface area (Å²) in [6, 6.07) is 5.91. The molecule has 0 saturated heterocycles. The molecule has 144 valence electrons. The van der Waals surface area contributed by atoms with Crippen molar-refractivity contribution in [3.63, 3.8) is 0 Å². The summed E-state index contributed by atoms with van der Waals surface area (Å²) in [5.41, 5.74) is 0.626. The van der Waals surface area contributed by atoms with Crippen molar-refractivity contribution in [3.05, 3.63) is 52.1 Å². The van der Waals surface area contributed by atoms with Gasteiger partial charge in [0.05, 0.1) is 0 Å². The number of hydrogen-bond acceptors (Lipinski definition) is 3. The highest BCUT2D eigenvalue weighted by Gasteiger charge is 2.25. The third kappa shape index (κ3) is 4.24. The van der Waals surface area contributed by atoms with Crippen LogP contribution in [0.2, 0.25) is 5.02 Å². The van der Waals surface area contributed by atoms with Crippen molar-refractivity contribution < 1.29 is 18.7 Å². The van der Waals surface area contributed by atoms with E-state index in [1.54, 1.807) is 13.0 Å². The molecule has 0 unspecified atom stereocenters. The first-order valence-corrected chi connectivity index (χ1v) is 9.14. The largest absolute Gasteiger partial charge is 0.483 e. The van der Waals surface area contributed by atoms with E-state index in [2.05, 4.69) is 15.6 Å². The summed E-state index contributed by atoms with van der Waals surface area (Å²) in [4.78, 5) is 27.3. The van der Waals surface area contributed by atoms with Crippen molar-refractivity contribution in [1.29, 1.82) is 0 Å². The van der Waals surface area contributed by atoms with Gasteiger partial charge in [-0.15, -0.1) is 0 Å². The normalized spacial score (nSPS) is 15.0. The van der Waals surface area contributed by atoms with Crippen molar-refractivity contribution in [2.75, 3.05) is 7.05 Å². The number of H-pyrrole nitrogens is 1. The first kappa shape index (κ1) is 19.2. The minimum Gasteiger partial charge on any atom is -0.483 e. The molecular formula is C19H21ClFN3O3. The second-order valence-electron chi connectivity index (χ2n) is 6.53. The number of ether oxygens (including phenoxy) is 1. The van der Waals surface area contributed by atoms with Gasteiger partial charge in [-0.25, -0.2) is 4.39 Å². The predicted octanol–water partition coefficient (Wildman–Crippen LogP) is 3.59. The van der Waals surface area contributed by atoms with Crippen LogP contribution in [0.3, 0.4) is 0 Å². The molecule has 2 aromatic rings. The molecule has 1 aliphatic rings. The van der Waals surface area contributed by atoms with Crippen LogP contribution in [0.1, 0.15) is 58.8 Å². The minimum absolute atomic E-state index is 0.109. The molecule has 1 atom stereocenters. The van der Waals surface area contributed by atoms with Crippen molar-refractivity contribution in [2.24, 2.45) is 0 Å². The Morgan fingerprint density at radius 1 is 1.30 bits per heavy atom. The molecule has 6 nitrogen and oxygen atoms in total. The number of amides is 2. The maximum atomic E-state index is 14.1. The van der Waals surface area contributed by atoms with E-state index in [0.29, 0.717) is 5.56 Å². The molecular weight excluding hydrogens is 373 g/mol. The van der Waals surface area contributed by atoms with E-state index in [1.807, 2.05) is 0 Å². The monoisotopic (exact) mass is 393 g/mol. The van der Waals surface area contributed by atoms with Gasteiger partial charge in [0, 0.05) is 29.7 Å². The van der Waals surface area contributed by atoms with Gasteiger partial charge in [0.2, 0.25) is 0 Å². The summed E-state index contributed by atoms with van der Waals surface area (Å²) in [6.45, 7) is 1.65. The number of aromatic nitrogens is 1. The predicted molar refractivity (Wildman–Crippen MR) is 99.7 cm³/mol. The van der Waals surface area contributed by atoms with Gasteiger partial charge in [-0.3, -0.25) is 9.59 Å². The lowest BCUT2D eigenvalue weighted by Gasteiger charge is -2.25. The zero-order chi connectivity index (χ0) is 19.6. The number of carbonyl (C=O) groups is 2. The minimum atomic E-state index is -0.691. The Hall–Kier alpha value is -2.54. The molecule has 1 aromatic heterocycles. The lowest BCUT2D eigenvalue weighted by atomic mass is 9.93. The lowest BCUT2D eigenvalue weighted by Crippen LogP contribution is -2.39. The van der Waals surface area contributed by atoms with Crippen LogP contribution in [0.15, 0.2) is 24.3 Å². The van der Waals surface area contributed by atoms with Crippen LogP contribution in [0.25, 0.3) is 0 Å². The van der Waals surface area contributed by atoms with Crippen LogP contribution >= 0.6 is 11.6 Å². The van der Waals surface area contributed by atoms with Crippen molar-refractivity contribution in [1.82, 2.24) is 15.6 Å². The van der Waals surface area contributed by atoms with Crippen LogP contribution in [-0.2, 0) is 0 Å². The quantitative estimate of drug-likeness (QED) is 0.701. The third-order valence-corrected chi connectivity index (χ3v) is 4.86. The van der Waals surface area contributed by atoms with Crippen LogP contribution in [-0.4, -0.2) is 29.9 Å². The van der Waals surface area contributed by atoms with Gasteiger partial charge in [-0.2, -0.15) is 0 Å². The molecule has 1 saturated carbocycles. The number of rotatable bonds is 6. The lowest BCUT2D eigenvalue weighted by molar-refractivity contribution is 0.0912. The average Bonchev–Trinajstić information content (AvgIpc) is 3.01. The number of nitrogens with one attached hydrogen (secondary N) is 3. The highest BCUT2D eigenvalue weighted by atomic mass is 35.5. The van der Waals surface area contributed by atoms with Gasteiger partial charge in [0.1, 0.15) is 23.3 Å². The summed E-state index contributed by atoms with van der Waals surface area (Å²) in [7, 11) is 1.48. The van der Waals surface area contributed by atoms with E-state index in [4.69, 9.17) is 16.3 Å². The van der Waals surface area contributed by atoms with Crippen LogP contribution in [0, 0.1) is 5.82 Å². The standard InChI is InChI=1S/C19H21ClFN3O3/c1-10(13-7-6-11(20)8-14(13)21)27-16-9-15(24-17(16)19(26)22-2)18(25)23-12-4-3-5-12/h6-10,12,24H,3-5H2,1-2H3,(H,22,26)(H,23,25)/t10-/m0/s1. The second-order valence-corrected chi connectivity index (χ2v) is 6.97. The number of benzene rings is 1. The fraction of sp³-hybridized carbons (Fsp3) is 0.368. The number of carbonyl (C=O) groups excluding carboxylic acids is 2. The molecule has 3 N–H and O–H groups in total. The van der Waals surface area contributed by atoms with E-state index in [9.17, 15) is 14.0 Å². The van der Waals surface area contributed by atoms with Crippen LogP contribution in [0.4, 0.5) is 4.39 Å². The highest BCUT2D eigenvalue weighted by Crippen LogP contribution is 2.29. The van der Waals surface area contributed by atoms with Crippen molar-refractivity contribution >= 4 is 23.4 Å². The Kier molecular flexibility index (Phi) is 5.70. The van der Waals surface area contributed by atoms with Crippen molar-refractivity contribution in [3.8, 4) is 5.75 Å². The Bertz CT molecular complexity index is 864. The zero-order valence-electron chi connectivity index (χ0n) is 15.1. The Balaban J connectivity index is 1.83. The topological polar surface area (TPSA) is 83.2 Å². The fourth-order valence-electron chi connectivity index (χ4n) is 2.85. The first-order chi connectivity index (χ1) is 12.9. The number of halogens is 2. The van der Waals surface area contributed by atoms with E-state index >= 15 is 0 Å². The highest BCUT2D eigenvalue weighted by molar-refractivity contribution is 6.30. The van der Waals surface area contributed by atoms with Gasteiger partial charge in [0.15, 0.2) is 5.75 Å². The van der Waals surface area contributed by atoms with Gasteiger partial charge < -0.3 is 20.4 Å². The molecule has 3 rings (SSSR count). The molecule has 27 heavy (non-hydrogen) atoms. The summed E-state index contributed by atoms with van der Waals surface area (Å²) in [6.07, 6.45) is 2.30. The molecule has 0 bridgehead atoms.